The Labute approximate surface area is 139 Å². The largest absolute Gasteiger partial charge is 0.488 e. The number of carbonyl (C=O) groups is 2. The van der Waals surface area contributed by atoms with Crippen LogP contribution in [0.15, 0.2) is 6.20 Å². The van der Waals surface area contributed by atoms with E-state index in [-0.39, 0.29) is 19.3 Å². The first-order valence-electron chi connectivity index (χ1n) is 7.46. The van der Waals surface area contributed by atoms with Gasteiger partial charge in [-0.2, -0.15) is 0 Å². The van der Waals surface area contributed by atoms with Gasteiger partial charge in [0.2, 0.25) is 0 Å². The number of aryl methyl sites for hydroxylation is 1. The molecular formula is C15H21N3O6. The zero-order valence-corrected chi connectivity index (χ0v) is 13.9. The normalized spacial score (nSPS) is 15.4. The minimum absolute atomic E-state index is 0.0182. The summed E-state index contributed by atoms with van der Waals surface area (Å²) in [5.74, 6) is 0.507. The van der Waals surface area contributed by atoms with Crippen LogP contribution >= 0.6 is 0 Å². The molecule has 1 fully saturated rings. The number of ether oxygens (including phenoxy) is 4. The number of carbonyl (C=O) groups excluding carboxylic acids is 2. The van der Waals surface area contributed by atoms with Gasteiger partial charge in [0.1, 0.15) is 31.7 Å². The summed E-state index contributed by atoms with van der Waals surface area (Å²) in [5, 5.41) is 4.74. The van der Waals surface area contributed by atoms with Crippen molar-refractivity contribution >= 4 is 12.2 Å². The lowest BCUT2D eigenvalue weighted by molar-refractivity contribution is 0.132. The zero-order valence-electron chi connectivity index (χ0n) is 13.9. The fourth-order valence-corrected chi connectivity index (χ4v) is 1.92. The molecule has 0 saturated carbocycles. The van der Waals surface area contributed by atoms with E-state index >= 15 is 0 Å². The topological polar surface area (TPSA) is 111 Å². The van der Waals surface area contributed by atoms with Crippen molar-refractivity contribution < 1.29 is 28.5 Å². The molecule has 1 aliphatic heterocycles. The lowest BCUT2D eigenvalue weighted by Gasteiger charge is -2.17. The van der Waals surface area contributed by atoms with E-state index in [0.29, 0.717) is 35.8 Å². The van der Waals surface area contributed by atoms with Crippen LogP contribution in [0.4, 0.5) is 9.59 Å². The first kappa shape index (κ1) is 17.8. The molecule has 24 heavy (non-hydrogen) atoms. The molecule has 0 radical (unpaired) electrons. The molecule has 1 aromatic heterocycles. The van der Waals surface area contributed by atoms with Crippen LogP contribution in [0.5, 0.6) is 5.75 Å². The van der Waals surface area contributed by atoms with E-state index in [2.05, 4.69) is 15.6 Å². The Kier molecular flexibility index (Phi) is 6.19. The van der Waals surface area contributed by atoms with Gasteiger partial charge in [0.15, 0.2) is 0 Å². The molecule has 0 aromatic carbocycles. The van der Waals surface area contributed by atoms with E-state index < -0.39 is 12.2 Å². The standard InChI is InChI=1S/C15H21N3O6/c1-9-13(22-7-11-6-21-11)12(8-24-15(20)17-3)10(4-18-9)5-23-14(19)16-2/h4,11H,5-8H2,1-3H3,(H,16,19)(H,17,20). The monoisotopic (exact) mass is 339 g/mol. The van der Waals surface area contributed by atoms with Gasteiger partial charge in [-0.25, -0.2) is 9.59 Å². The predicted octanol–water partition coefficient (Wildman–Crippen LogP) is 0.880. The molecule has 9 nitrogen and oxygen atoms in total. The van der Waals surface area contributed by atoms with Gasteiger partial charge in [-0.3, -0.25) is 4.98 Å². The molecule has 2 rings (SSSR count). The number of hydrogen-bond donors (Lipinski definition) is 2. The van der Waals surface area contributed by atoms with Crippen molar-refractivity contribution in [1.29, 1.82) is 0 Å². The summed E-state index contributed by atoms with van der Waals surface area (Å²) >= 11 is 0. The van der Waals surface area contributed by atoms with E-state index in [1.54, 1.807) is 13.1 Å². The smallest absolute Gasteiger partial charge is 0.407 e. The van der Waals surface area contributed by atoms with Crippen LogP contribution in [0, 0.1) is 6.92 Å². The number of aromatic nitrogens is 1. The maximum Gasteiger partial charge on any atom is 0.407 e. The minimum Gasteiger partial charge on any atom is -0.488 e. The van der Waals surface area contributed by atoms with Crippen LogP contribution in [0.25, 0.3) is 0 Å². The summed E-state index contributed by atoms with van der Waals surface area (Å²) < 4.78 is 21.1. The molecule has 1 aliphatic rings. The molecule has 2 amide bonds. The van der Waals surface area contributed by atoms with Gasteiger partial charge in [0.25, 0.3) is 0 Å². The predicted molar refractivity (Wildman–Crippen MR) is 82.7 cm³/mol. The van der Waals surface area contributed by atoms with Crippen LogP contribution < -0.4 is 15.4 Å². The molecule has 1 saturated heterocycles. The Hall–Kier alpha value is -2.55. The average molecular weight is 339 g/mol. The Bertz CT molecular complexity index is 603. The second-order valence-electron chi connectivity index (χ2n) is 5.10. The van der Waals surface area contributed by atoms with Crippen molar-refractivity contribution in [1.82, 2.24) is 15.6 Å². The fourth-order valence-electron chi connectivity index (χ4n) is 1.92. The molecule has 9 heteroatoms. The number of epoxide rings is 1. The quantitative estimate of drug-likeness (QED) is 0.709. The number of hydrogen-bond acceptors (Lipinski definition) is 7. The van der Waals surface area contributed by atoms with Crippen molar-refractivity contribution in [3.8, 4) is 5.75 Å². The second-order valence-corrected chi connectivity index (χ2v) is 5.10. The lowest BCUT2D eigenvalue weighted by atomic mass is 10.1. The molecule has 0 bridgehead atoms. The van der Waals surface area contributed by atoms with Gasteiger partial charge in [0.05, 0.1) is 12.3 Å². The van der Waals surface area contributed by atoms with Crippen LogP contribution in [0.1, 0.15) is 16.8 Å². The lowest BCUT2D eigenvalue weighted by Crippen LogP contribution is -2.21. The summed E-state index contributed by atoms with van der Waals surface area (Å²) in [4.78, 5) is 26.9. The maximum atomic E-state index is 11.4. The van der Waals surface area contributed by atoms with E-state index in [4.69, 9.17) is 18.9 Å². The van der Waals surface area contributed by atoms with Crippen LogP contribution in [0.2, 0.25) is 0 Å². The first-order chi connectivity index (χ1) is 11.5. The van der Waals surface area contributed by atoms with Gasteiger partial charge in [-0.1, -0.05) is 0 Å². The highest BCUT2D eigenvalue weighted by Crippen LogP contribution is 2.28. The second kappa shape index (κ2) is 8.34. The number of nitrogens with one attached hydrogen (secondary N) is 2. The third kappa shape index (κ3) is 4.98. The van der Waals surface area contributed by atoms with Crippen molar-refractivity contribution in [2.75, 3.05) is 27.3 Å². The van der Waals surface area contributed by atoms with Crippen molar-refractivity contribution in [2.45, 2.75) is 26.2 Å². The van der Waals surface area contributed by atoms with Gasteiger partial charge in [0, 0.05) is 31.4 Å². The van der Waals surface area contributed by atoms with Crippen LogP contribution in [-0.4, -0.2) is 50.6 Å². The molecule has 2 N–H and O–H groups in total. The van der Waals surface area contributed by atoms with Gasteiger partial charge in [-0.15, -0.1) is 0 Å². The highest BCUT2D eigenvalue weighted by atomic mass is 16.6. The summed E-state index contributed by atoms with van der Waals surface area (Å²) in [7, 11) is 2.94. The van der Waals surface area contributed by atoms with E-state index in [1.807, 2.05) is 0 Å². The van der Waals surface area contributed by atoms with Crippen LogP contribution in [0.3, 0.4) is 0 Å². The van der Waals surface area contributed by atoms with Crippen molar-refractivity contribution in [2.24, 2.45) is 0 Å². The third-order valence-electron chi connectivity index (χ3n) is 3.33. The molecule has 1 unspecified atom stereocenters. The Morgan fingerprint density at radius 3 is 2.46 bits per heavy atom. The summed E-state index contributed by atoms with van der Waals surface area (Å²) in [6.45, 7) is 2.78. The Balaban J connectivity index is 2.20. The molecule has 132 valence electrons. The van der Waals surface area contributed by atoms with Crippen LogP contribution in [-0.2, 0) is 27.4 Å². The highest BCUT2D eigenvalue weighted by molar-refractivity contribution is 5.67. The fraction of sp³-hybridized carbons (Fsp3) is 0.533. The Morgan fingerprint density at radius 2 is 1.88 bits per heavy atom. The third-order valence-corrected chi connectivity index (χ3v) is 3.33. The summed E-state index contributed by atoms with van der Waals surface area (Å²) in [5.41, 5.74) is 1.85. The highest BCUT2D eigenvalue weighted by Gasteiger charge is 2.25. The van der Waals surface area contributed by atoms with Crippen molar-refractivity contribution in [3.63, 3.8) is 0 Å². The molecule has 0 aliphatic carbocycles. The minimum atomic E-state index is -0.570. The number of nitrogens with zero attached hydrogens (tertiary/aromatic N) is 1. The first-order valence-corrected chi connectivity index (χ1v) is 7.46. The molecule has 2 heterocycles. The summed E-state index contributed by atoms with van der Waals surface area (Å²) in [6.07, 6.45) is 0.506. The van der Waals surface area contributed by atoms with E-state index in [1.165, 1.54) is 14.1 Å². The molecule has 1 atom stereocenters. The SMILES string of the molecule is CNC(=O)OCc1cnc(C)c(OCC2CO2)c1COC(=O)NC. The summed E-state index contributed by atoms with van der Waals surface area (Å²) in [6, 6.07) is 0. The molecule has 0 spiro atoms. The van der Waals surface area contributed by atoms with Gasteiger partial charge in [-0.05, 0) is 6.92 Å². The molecular weight excluding hydrogens is 318 g/mol. The Morgan fingerprint density at radius 1 is 1.25 bits per heavy atom. The van der Waals surface area contributed by atoms with E-state index in [9.17, 15) is 9.59 Å². The van der Waals surface area contributed by atoms with Gasteiger partial charge < -0.3 is 29.6 Å². The van der Waals surface area contributed by atoms with Crippen molar-refractivity contribution in [3.05, 3.63) is 23.0 Å². The number of pyridine rings is 1. The zero-order chi connectivity index (χ0) is 17.5. The number of amides is 2. The van der Waals surface area contributed by atoms with Gasteiger partial charge >= 0.3 is 12.2 Å². The number of alkyl carbamates (subject to hydrolysis) is 2. The number of rotatable bonds is 7. The van der Waals surface area contributed by atoms with E-state index in [0.717, 1.165) is 0 Å². The maximum absolute atomic E-state index is 11.4. The average Bonchev–Trinajstić information content (AvgIpc) is 3.41. The molecule has 1 aromatic rings.